The largest absolute Gasteiger partial charge is 0.306 e. The first-order valence-electron chi connectivity index (χ1n) is 6.70. The van der Waals surface area contributed by atoms with Crippen LogP contribution in [0.25, 0.3) is 0 Å². The van der Waals surface area contributed by atoms with Crippen molar-refractivity contribution in [3.05, 3.63) is 71.3 Å². The van der Waals surface area contributed by atoms with E-state index in [0.717, 1.165) is 0 Å². The molecule has 0 spiro atoms. The number of halogens is 3. The molecule has 2 aromatic carbocycles. The van der Waals surface area contributed by atoms with Gasteiger partial charge >= 0.3 is 0 Å². The number of nitrogens with zero attached hydrogens (tertiary/aromatic N) is 2. The van der Waals surface area contributed by atoms with E-state index in [1.54, 1.807) is 24.3 Å². The topological polar surface area (TPSA) is 48.6 Å². The molecular formula is C17H16ClF2N3. The quantitative estimate of drug-likeness (QED) is 0.777. The molecule has 23 heavy (non-hydrogen) atoms. The lowest BCUT2D eigenvalue weighted by atomic mass is 10.2. The molecule has 6 heteroatoms. The highest BCUT2D eigenvalue weighted by molar-refractivity contribution is 5.90. The average molecular weight is 336 g/mol. The van der Waals surface area contributed by atoms with E-state index < -0.39 is 0 Å². The van der Waals surface area contributed by atoms with Crippen LogP contribution in [0.3, 0.4) is 0 Å². The predicted octanol–water partition coefficient (Wildman–Crippen LogP) is 3.94. The highest BCUT2D eigenvalue weighted by atomic mass is 35.5. The van der Waals surface area contributed by atoms with Gasteiger partial charge in [0.25, 0.3) is 0 Å². The normalized spacial score (nSPS) is 10.9. The maximum Gasteiger partial charge on any atom is 0.123 e. The van der Waals surface area contributed by atoms with Gasteiger partial charge < -0.3 is 5.41 Å². The van der Waals surface area contributed by atoms with Crippen LogP contribution in [0.5, 0.6) is 0 Å². The number of rotatable bonds is 6. The summed E-state index contributed by atoms with van der Waals surface area (Å²) in [6.45, 7) is 0.383. The van der Waals surface area contributed by atoms with Gasteiger partial charge in [-0.25, -0.2) is 8.78 Å². The molecule has 0 aliphatic carbocycles. The minimum absolute atomic E-state index is 0. The zero-order valence-corrected chi connectivity index (χ0v) is 13.1. The SMILES string of the molecule is Cl.N=C(CN=Cc1cccc(F)c1)CN=Cc1cccc(F)c1. The van der Waals surface area contributed by atoms with Gasteiger partial charge in [-0.2, -0.15) is 0 Å². The van der Waals surface area contributed by atoms with Crippen molar-refractivity contribution in [3.63, 3.8) is 0 Å². The molecule has 1 N–H and O–H groups in total. The average Bonchev–Trinajstić information content (AvgIpc) is 2.47. The fraction of sp³-hybridized carbons (Fsp3) is 0.118. The van der Waals surface area contributed by atoms with Crippen LogP contribution in [0.4, 0.5) is 8.78 Å². The number of hydrogen-bond donors (Lipinski definition) is 1. The molecule has 0 saturated heterocycles. The molecule has 2 rings (SSSR count). The molecular weight excluding hydrogens is 320 g/mol. The van der Waals surface area contributed by atoms with Crippen molar-refractivity contribution in [2.45, 2.75) is 0 Å². The van der Waals surface area contributed by atoms with Gasteiger partial charge in [-0.15, -0.1) is 12.4 Å². The molecule has 0 aliphatic rings. The Balaban J connectivity index is 0.00000264. The molecule has 0 atom stereocenters. The third-order valence-corrected chi connectivity index (χ3v) is 2.74. The Morgan fingerprint density at radius 1 is 0.870 bits per heavy atom. The van der Waals surface area contributed by atoms with E-state index in [1.807, 2.05) is 0 Å². The van der Waals surface area contributed by atoms with Crippen LogP contribution >= 0.6 is 12.4 Å². The van der Waals surface area contributed by atoms with Gasteiger partial charge in [-0.3, -0.25) is 9.98 Å². The number of benzene rings is 2. The Kier molecular flexibility index (Phi) is 7.77. The minimum Gasteiger partial charge on any atom is -0.306 e. The van der Waals surface area contributed by atoms with Crippen molar-refractivity contribution in [3.8, 4) is 0 Å². The molecule has 0 aromatic heterocycles. The van der Waals surface area contributed by atoms with Gasteiger partial charge in [0.1, 0.15) is 11.6 Å². The summed E-state index contributed by atoms with van der Waals surface area (Å²) >= 11 is 0. The van der Waals surface area contributed by atoms with E-state index in [9.17, 15) is 8.78 Å². The summed E-state index contributed by atoms with van der Waals surface area (Å²) < 4.78 is 25.9. The molecule has 0 unspecified atom stereocenters. The highest BCUT2D eigenvalue weighted by Crippen LogP contribution is 2.01. The summed E-state index contributed by atoms with van der Waals surface area (Å²) in [4.78, 5) is 8.14. The lowest BCUT2D eigenvalue weighted by Crippen LogP contribution is -2.06. The zero-order valence-electron chi connectivity index (χ0n) is 12.2. The van der Waals surface area contributed by atoms with Crippen LogP contribution in [0, 0.1) is 17.0 Å². The van der Waals surface area contributed by atoms with Crippen LogP contribution in [-0.2, 0) is 0 Å². The molecule has 0 fully saturated rings. The molecule has 0 amide bonds. The lowest BCUT2D eigenvalue weighted by molar-refractivity contribution is 0.627. The molecule has 0 radical (unpaired) electrons. The third-order valence-electron chi connectivity index (χ3n) is 2.74. The number of aliphatic imine (C=N–C) groups is 2. The molecule has 0 heterocycles. The van der Waals surface area contributed by atoms with Crippen molar-refractivity contribution < 1.29 is 8.78 Å². The molecule has 2 aromatic rings. The van der Waals surface area contributed by atoms with Gasteiger partial charge in [-0.1, -0.05) is 24.3 Å². The maximum atomic E-state index is 13.0. The Hall–Kier alpha value is -2.40. The van der Waals surface area contributed by atoms with Crippen LogP contribution < -0.4 is 0 Å². The van der Waals surface area contributed by atoms with Gasteiger partial charge in [0, 0.05) is 12.4 Å². The van der Waals surface area contributed by atoms with E-state index in [1.165, 1.54) is 36.7 Å². The van der Waals surface area contributed by atoms with Gasteiger partial charge in [-0.05, 0) is 35.4 Å². The first kappa shape index (κ1) is 18.6. The van der Waals surface area contributed by atoms with Crippen molar-refractivity contribution in [2.75, 3.05) is 13.1 Å². The van der Waals surface area contributed by atoms with Crippen molar-refractivity contribution in [2.24, 2.45) is 9.98 Å². The molecule has 3 nitrogen and oxygen atoms in total. The predicted molar refractivity (Wildman–Crippen MR) is 92.7 cm³/mol. The van der Waals surface area contributed by atoms with E-state index in [2.05, 4.69) is 9.98 Å². The van der Waals surface area contributed by atoms with Gasteiger partial charge in [0.2, 0.25) is 0 Å². The van der Waals surface area contributed by atoms with E-state index in [0.29, 0.717) is 16.8 Å². The van der Waals surface area contributed by atoms with E-state index in [4.69, 9.17) is 5.41 Å². The Morgan fingerprint density at radius 2 is 1.30 bits per heavy atom. The van der Waals surface area contributed by atoms with E-state index in [-0.39, 0.29) is 37.1 Å². The Bertz CT molecular complexity index is 655. The van der Waals surface area contributed by atoms with Crippen LogP contribution in [-0.4, -0.2) is 31.2 Å². The van der Waals surface area contributed by atoms with E-state index >= 15 is 0 Å². The fourth-order valence-electron chi connectivity index (χ4n) is 1.75. The fourth-order valence-corrected chi connectivity index (χ4v) is 1.75. The van der Waals surface area contributed by atoms with Crippen LogP contribution in [0.15, 0.2) is 58.5 Å². The van der Waals surface area contributed by atoms with Gasteiger partial charge in [0.15, 0.2) is 0 Å². The number of hydrogen-bond acceptors (Lipinski definition) is 3. The maximum absolute atomic E-state index is 13.0. The summed E-state index contributed by atoms with van der Waals surface area (Å²) in [7, 11) is 0. The van der Waals surface area contributed by atoms with Crippen LogP contribution in [0.1, 0.15) is 11.1 Å². The molecule has 0 aliphatic heterocycles. The van der Waals surface area contributed by atoms with Crippen LogP contribution in [0.2, 0.25) is 0 Å². The lowest BCUT2D eigenvalue weighted by Gasteiger charge is -1.97. The molecule has 120 valence electrons. The molecule has 0 bridgehead atoms. The first-order valence-corrected chi connectivity index (χ1v) is 6.70. The summed E-state index contributed by atoms with van der Waals surface area (Å²) in [6.07, 6.45) is 3.04. The van der Waals surface area contributed by atoms with Crippen molar-refractivity contribution in [1.82, 2.24) is 0 Å². The summed E-state index contributed by atoms with van der Waals surface area (Å²) in [5.41, 5.74) is 1.62. The van der Waals surface area contributed by atoms with Crippen molar-refractivity contribution >= 4 is 30.5 Å². The smallest absolute Gasteiger partial charge is 0.123 e. The summed E-state index contributed by atoms with van der Waals surface area (Å²) in [5, 5.41) is 7.73. The second-order valence-electron chi connectivity index (χ2n) is 4.65. The Morgan fingerprint density at radius 3 is 1.70 bits per heavy atom. The third kappa shape index (κ3) is 6.93. The first-order chi connectivity index (χ1) is 10.6. The zero-order chi connectivity index (χ0) is 15.8. The monoisotopic (exact) mass is 335 g/mol. The highest BCUT2D eigenvalue weighted by Gasteiger charge is 1.95. The second kappa shape index (κ2) is 9.58. The number of nitrogens with one attached hydrogen (secondary N) is 1. The summed E-state index contributed by atoms with van der Waals surface area (Å²) in [6, 6.07) is 12.1. The Labute approximate surface area is 139 Å². The van der Waals surface area contributed by atoms with Gasteiger partial charge in [0.05, 0.1) is 18.8 Å². The second-order valence-corrected chi connectivity index (χ2v) is 4.65. The van der Waals surface area contributed by atoms with Crippen molar-refractivity contribution in [1.29, 1.82) is 5.41 Å². The standard InChI is InChI=1S/C17H15F2N3.ClH/c18-15-5-1-3-13(7-15)9-21-11-17(20)12-22-10-14-4-2-6-16(19)8-14;/h1-10,20H,11-12H2;1H. The summed E-state index contributed by atoms with van der Waals surface area (Å²) in [5.74, 6) is -0.641. The molecule has 0 saturated carbocycles. The minimum atomic E-state index is -0.321.